The number of nitrogens with one attached hydrogen (secondary N) is 3. The lowest BCUT2D eigenvalue weighted by molar-refractivity contribution is -0.145. The summed E-state index contributed by atoms with van der Waals surface area (Å²) in [7, 11) is 0. The molecule has 0 aliphatic carbocycles. The zero-order valence-electron chi connectivity index (χ0n) is 20.1. The van der Waals surface area contributed by atoms with Gasteiger partial charge in [0.2, 0.25) is 17.7 Å². The van der Waals surface area contributed by atoms with Crippen molar-refractivity contribution in [2.45, 2.75) is 62.9 Å². The third kappa shape index (κ3) is 13.3. The number of carboxylic acid groups (broad SMARTS) is 1. The first kappa shape index (κ1) is 32.3. The molecule has 5 atom stereocenters. The fraction of sp³-hybridized carbons (Fsp3) is 0.684. The number of nitrogens with two attached hydrogens (primary N) is 5. The highest BCUT2D eigenvalue weighted by Gasteiger charge is 2.31. The van der Waals surface area contributed by atoms with Gasteiger partial charge >= 0.3 is 5.97 Å². The molecule has 0 aromatic heterocycles. The average Bonchev–Trinajstić information content (AvgIpc) is 2.79. The topological polar surface area (TPSA) is 320 Å². The molecule has 0 aliphatic heterocycles. The summed E-state index contributed by atoms with van der Waals surface area (Å²) in [5.41, 5.74) is 26.6. The Kier molecular flexibility index (Phi) is 15.1. The second-order valence-electron chi connectivity index (χ2n) is 7.87. The number of hydrogen-bond acceptors (Lipinski definition) is 9. The molecule has 0 radical (unpaired) electrons. The smallest absolute Gasteiger partial charge is 0.328 e. The third-order valence-electron chi connectivity index (χ3n) is 4.74. The first-order chi connectivity index (χ1) is 16.8. The number of carbonyl (C=O) groups is 4. The Morgan fingerprint density at radius 2 is 1.22 bits per heavy atom. The molecular formula is C19H38N10O7. The molecule has 17 nitrogen and oxygen atoms in total. The molecule has 0 fully saturated rings. The monoisotopic (exact) mass is 518 g/mol. The van der Waals surface area contributed by atoms with Gasteiger partial charge in [0.25, 0.3) is 0 Å². The van der Waals surface area contributed by atoms with Gasteiger partial charge in [-0.1, -0.05) is 0 Å². The van der Waals surface area contributed by atoms with Gasteiger partial charge in [-0.05, 0) is 32.6 Å². The molecule has 0 aromatic carbocycles. The normalized spacial score (nSPS) is 14.8. The van der Waals surface area contributed by atoms with Crippen LogP contribution in [0.3, 0.4) is 0 Å². The third-order valence-corrected chi connectivity index (χ3v) is 4.74. The molecule has 0 heterocycles. The summed E-state index contributed by atoms with van der Waals surface area (Å²) in [5.74, 6) is -4.31. The van der Waals surface area contributed by atoms with Crippen LogP contribution >= 0.6 is 0 Å². The maximum atomic E-state index is 13.0. The van der Waals surface area contributed by atoms with E-state index in [0.29, 0.717) is 0 Å². The van der Waals surface area contributed by atoms with E-state index in [-0.39, 0.29) is 50.7 Å². The van der Waals surface area contributed by atoms with Crippen molar-refractivity contribution < 1.29 is 34.5 Å². The molecular weight excluding hydrogens is 480 g/mol. The zero-order valence-corrected chi connectivity index (χ0v) is 20.1. The molecule has 0 saturated carbocycles. The predicted octanol–water partition coefficient (Wildman–Crippen LogP) is -5.67. The number of aliphatic imine (C=N–C) groups is 2. The standard InChI is InChI=1S/C19H38N10O7/c1-9(31)13(17(35)36)29-16(34)12(5-3-7-26-19(23)24)28-15(33)11(4-2-6-25-18(21)22)27-14(32)10(20)8-30/h9-13,30-31H,2-8,20H2,1H3,(H,27,32)(H,28,33)(H,29,34)(H,35,36)(H4,21,22,25)(H4,23,24,26). The van der Waals surface area contributed by atoms with E-state index in [1.54, 1.807) is 0 Å². The molecule has 0 bridgehead atoms. The largest absolute Gasteiger partial charge is 0.480 e. The molecule has 0 spiro atoms. The van der Waals surface area contributed by atoms with E-state index in [0.717, 1.165) is 0 Å². The quantitative estimate of drug-likeness (QED) is 0.0487. The maximum absolute atomic E-state index is 13.0. The molecule has 0 rings (SSSR count). The van der Waals surface area contributed by atoms with Gasteiger partial charge in [0.15, 0.2) is 18.0 Å². The molecule has 206 valence electrons. The number of aliphatic hydroxyl groups is 2. The van der Waals surface area contributed by atoms with Crippen LogP contribution in [-0.2, 0) is 19.2 Å². The number of aliphatic hydroxyl groups excluding tert-OH is 2. The number of guanidine groups is 2. The van der Waals surface area contributed by atoms with Crippen molar-refractivity contribution in [3.05, 3.63) is 0 Å². The van der Waals surface area contributed by atoms with E-state index in [4.69, 9.17) is 33.8 Å². The van der Waals surface area contributed by atoms with Gasteiger partial charge in [-0.3, -0.25) is 24.4 Å². The number of carbonyl (C=O) groups excluding carboxylic acids is 3. The van der Waals surface area contributed by atoms with Crippen LogP contribution in [0.25, 0.3) is 0 Å². The highest BCUT2D eigenvalue weighted by molar-refractivity contribution is 5.94. The summed E-state index contributed by atoms with van der Waals surface area (Å²) in [6, 6.07) is -5.38. The van der Waals surface area contributed by atoms with E-state index in [1.807, 2.05) is 0 Å². The van der Waals surface area contributed by atoms with Gasteiger partial charge in [0.1, 0.15) is 18.1 Å². The van der Waals surface area contributed by atoms with Crippen molar-refractivity contribution >= 4 is 35.6 Å². The van der Waals surface area contributed by atoms with Gasteiger partial charge in [0, 0.05) is 13.1 Å². The van der Waals surface area contributed by atoms with Crippen molar-refractivity contribution in [2.75, 3.05) is 19.7 Å². The van der Waals surface area contributed by atoms with Crippen molar-refractivity contribution in [3.8, 4) is 0 Å². The molecule has 0 saturated heterocycles. The second-order valence-corrected chi connectivity index (χ2v) is 7.87. The van der Waals surface area contributed by atoms with Gasteiger partial charge in [0.05, 0.1) is 12.7 Å². The minimum Gasteiger partial charge on any atom is -0.480 e. The van der Waals surface area contributed by atoms with Crippen LogP contribution in [0.5, 0.6) is 0 Å². The fourth-order valence-corrected chi connectivity index (χ4v) is 2.82. The summed E-state index contributed by atoms with van der Waals surface area (Å²) < 4.78 is 0. The van der Waals surface area contributed by atoms with Crippen LogP contribution in [0.2, 0.25) is 0 Å². The molecule has 17 heteroatoms. The number of hydrogen-bond donors (Lipinski definition) is 11. The summed E-state index contributed by atoms with van der Waals surface area (Å²) in [6.45, 7) is 0.772. The van der Waals surface area contributed by atoms with Crippen LogP contribution in [-0.4, -0.2) is 101 Å². The minimum atomic E-state index is -1.63. The SMILES string of the molecule is CC(O)C(NC(=O)C(CCCN=C(N)N)NC(=O)C(CCCN=C(N)N)NC(=O)C(N)CO)C(=O)O. The second kappa shape index (κ2) is 16.8. The Hall–Kier alpha value is -3.70. The van der Waals surface area contributed by atoms with Gasteiger partial charge < -0.3 is 59.9 Å². The Labute approximate surface area is 207 Å². The lowest BCUT2D eigenvalue weighted by Gasteiger charge is -2.25. The minimum absolute atomic E-state index is 0.00861. The first-order valence-electron chi connectivity index (χ1n) is 11.1. The predicted molar refractivity (Wildman–Crippen MR) is 130 cm³/mol. The van der Waals surface area contributed by atoms with E-state index in [1.165, 1.54) is 6.92 Å². The van der Waals surface area contributed by atoms with Crippen molar-refractivity contribution in [1.82, 2.24) is 16.0 Å². The Morgan fingerprint density at radius 3 is 1.58 bits per heavy atom. The Bertz CT molecular complexity index is 797. The molecule has 0 aromatic rings. The number of aliphatic carboxylic acids is 1. The average molecular weight is 519 g/mol. The molecule has 36 heavy (non-hydrogen) atoms. The first-order valence-corrected chi connectivity index (χ1v) is 11.1. The highest BCUT2D eigenvalue weighted by atomic mass is 16.4. The zero-order chi connectivity index (χ0) is 27.8. The van der Waals surface area contributed by atoms with E-state index < -0.39 is 60.6 Å². The number of rotatable bonds is 17. The van der Waals surface area contributed by atoms with Gasteiger partial charge in [-0.15, -0.1) is 0 Å². The van der Waals surface area contributed by atoms with Gasteiger partial charge in [-0.2, -0.15) is 0 Å². The van der Waals surface area contributed by atoms with E-state index >= 15 is 0 Å². The highest BCUT2D eigenvalue weighted by Crippen LogP contribution is 2.05. The van der Waals surface area contributed by atoms with Gasteiger partial charge in [-0.25, -0.2) is 4.79 Å². The van der Waals surface area contributed by atoms with Crippen LogP contribution in [0, 0.1) is 0 Å². The molecule has 0 aliphatic rings. The van der Waals surface area contributed by atoms with Crippen LogP contribution < -0.4 is 44.6 Å². The summed E-state index contributed by atoms with van der Waals surface area (Å²) in [5, 5.41) is 35.0. The number of nitrogens with zero attached hydrogens (tertiary/aromatic N) is 2. The van der Waals surface area contributed by atoms with Crippen LogP contribution in [0.4, 0.5) is 0 Å². The molecule has 16 N–H and O–H groups in total. The Balaban J connectivity index is 5.65. The van der Waals surface area contributed by atoms with E-state index in [9.17, 15) is 29.4 Å². The van der Waals surface area contributed by atoms with Crippen LogP contribution in [0.15, 0.2) is 9.98 Å². The lowest BCUT2D eigenvalue weighted by Crippen LogP contribution is -2.58. The summed E-state index contributed by atoms with van der Waals surface area (Å²) in [6.07, 6.45) is -0.910. The number of amides is 3. The van der Waals surface area contributed by atoms with Crippen LogP contribution in [0.1, 0.15) is 32.6 Å². The summed E-state index contributed by atoms with van der Waals surface area (Å²) >= 11 is 0. The maximum Gasteiger partial charge on any atom is 0.328 e. The fourth-order valence-electron chi connectivity index (χ4n) is 2.82. The molecule has 3 amide bonds. The van der Waals surface area contributed by atoms with Crippen molar-refractivity contribution in [2.24, 2.45) is 38.7 Å². The molecule has 5 unspecified atom stereocenters. The van der Waals surface area contributed by atoms with Crippen molar-refractivity contribution in [1.29, 1.82) is 0 Å². The lowest BCUT2D eigenvalue weighted by atomic mass is 10.1. The van der Waals surface area contributed by atoms with Crippen molar-refractivity contribution in [3.63, 3.8) is 0 Å². The Morgan fingerprint density at radius 1 is 0.806 bits per heavy atom. The number of carboxylic acids is 1. The van der Waals surface area contributed by atoms with E-state index in [2.05, 4.69) is 25.9 Å². The summed E-state index contributed by atoms with van der Waals surface area (Å²) in [4.78, 5) is 56.9.